The number of nitrogens with zero attached hydrogens (tertiary/aromatic N) is 1. The van der Waals surface area contributed by atoms with Crippen molar-refractivity contribution in [2.75, 3.05) is 6.61 Å². The third-order valence-corrected chi connectivity index (χ3v) is 2.03. The van der Waals surface area contributed by atoms with E-state index in [1.165, 1.54) is 19.1 Å². The maximum Gasteiger partial charge on any atom is 0.128 e. The van der Waals surface area contributed by atoms with Crippen LogP contribution in [0.15, 0.2) is 24.3 Å². The summed E-state index contributed by atoms with van der Waals surface area (Å²) < 4.78 is 13.2. The van der Waals surface area contributed by atoms with Gasteiger partial charge in [-0.15, -0.1) is 0 Å². The second-order valence-electron chi connectivity index (χ2n) is 3.08. The fraction of sp³-hybridized carbons (Fsp3) is 0.300. The van der Waals surface area contributed by atoms with Gasteiger partial charge < -0.3 is 5.11 Å². The third kappa shape index (κ3) is 1.68. The SMILES string of the molecule is CC(C#N)(CO)c1ccccc1F. The van der Waals surface area contributed by atoms with Gasteiger partial charge in [-0.05, 0) is 13.0 Å². The van der Waals surface area contributed by atoms with Crippen LogP contribution in [0, 0.1) is 17.1 Å². The van der Waals surface area contributed by atoms with Crippen molar-refractivity contribution in [1.82, 2.24) is 0 Å². The number of aliphatic hydroxyl groups is 1. The van der Waals surface area contributed by atoms with Crippen molar-refractivity contribution in [1.29, 1.82) is 5.26 Å². The van der Waals surface area contributed by atoms with Crippen molar-refractivity contribution in [2.45, 2.75) is 12.3 Å². The summed E-state index contributed by atoms with van der Waals surface area (Å²) in [5.74, 6) is -0.458. The molecule has 0 bridgehead atoms. The van der Waals surface area contributed by atoms with Gasteiger partial charge in [-0.2, -0.15) is 5.26 Å². The van der Waals surface area contributed by atoms with Crippen LogP contribution in [-0.4, -0.2) is 11.7 Å². The Kier molecular flexibility index (Phi) is 2.64. The molecule has 1 unspecified atom stereocenters. The first-order chi connectivity index (χ1) is 6.14. The maximum absolute atomic E-state index is 13.2. The van der Waals surface area contributed by atoms with Crippen molar-refractivity contribution < 1.29 is 9.50 Å². The molecule has 0 aliphatic heterocycles. The molecule has 1 aromatic rings. The van der Waals surface area contributed by atoms with Gasteiger partial charge in [-0.1, -0.05) is 18.2 Å². The zero-order valence-electron chi connectivity index (χ0n) is 7.29. The highest BCUT2D eigenvalue weighted by molar-refractivity contribution is 5.32. The highest BCUT2D eigenvalue weighted by Gasteiger charge is 2.28. The molecule has 3 heteroatoms. The minimum Gasteiger partial charge on any atom is -0.394 e. The number of hydrogen-bond donors (Lipinski definition) is 1. The van der Waals surface area contributed by atoms with E-state index in [1.807, 2.05) is 6.07 Å². The molecule has 0 aromatic heterocycles. The number of aliphatic hydroxyl groups excluding tert-OH is 1. The van der Waals surface area contributed by atoms with Crippen LogP contribution in [0.2, 0.25) is 0 Å². The summed E-state index contributed by atoms with van der Waals surface area (Å²) in [6, 6.07) is 7.87. The predicted octanol–water partition coefficient (Wildman–Crippen LogP) is 1.60. The molecule has 0 saturated carbocycles. The Hall–Kier alpha value is -1.40. The van der Waals surface area contributed by atoms with E-state index in [1.54, 1.807) is 12.1 Å². The first-order valence-electron chi connectivity index (χ1n) is 3.91. The highest BCUT2D eigenvalue weighted by atomic mass is 19.1. The van der Waals surface area contributed by atoms with Crippen molar-refractivity contribution in [2.24, 2.45) is 0 Å². The number of hydrogen-bond acceptors (Lipinski definition) is 2. The van der Waals surface area contributed by atoms with Gasteiger partial charge in [0.1, 0.15) is 11.2 Å². The lowest BCUT2D eigenvalue weighted by atomic mass is 9.85. The van der Waals surface area contributed by atoms with E-state index in [0.29, 0.717) is 0 Å². The van der Waals surface area contributed by atoms with Crippen molar-refractivity contribution in [3.8, 4) is 6.07 Å². The number of rotatable bonds is 2. The van der Waals surface area contributed by atoms with Crippen LogP contribution in [-0.2, 0) is 5.41 Å². The Labute approximate surface area is 76.2 Å². The molecule has 0 radical (unpaired) electrons. The molecule has 0 saturated heterocycles. The van der Waals surface area contributed by atoms with Crippen LogP contribution in [0.4, 0.5) is 4.39 Å². The number of nitriles is 1. The Bertz CT molecular complexity index is 345. The fourth-order valence-electron chi connectivity index (χ4n) is 1.09. The van der Waals surface area contributed by atoms with Gasteiger partial charge >= 0.3 is 0 Å². The van der Waals surface area contributed by atoms with Crippen LogP contribution in [0.25, 0.3) is 0 Å². The minimum absolute atomic E-state index is 0.236. The fourth-order valence-corrected chi connectivity index (χ4v) is 1.09. The molecule has 68 valence electrons. The van der Waals surface area contributed by atoms with Gasteiger partial charge in [0.15, 0.2) is 0 Å². The average Bonchev–Trinajstić information content (AvgIpc) is 2.17. The summed E-state index contributed by atoms with van der Waals surface area (Å²) in [6.07, 6.45) is 0. The van der Waals surface area contributed by atoms with E-state index in [2.05, 4.69) is 0 Å². The summed E-state index contributed by atoms with van der Waals surface area (Å²) in [6.45, 7) is 1.12. The van der Waals surface area contributed by atoms with Crippen molar-refractivity contribution in [3.05, 3.63) is 35.6 Å². The number of benzene rings is 1. The molecule has 0 spiro atoms. The Morgan fingerprint density at radius 3 is 2.62 bits per heavy atom. The topological polar surface area (TPSA) is 44.0 Å². The molecule has 1 N–H and O–H groups in total. The predicted molar refractivity (Wildman–Crippen MR) is 46.5 cm³/mol. The van der Waals surface area contributed by atoms with Crippen LogP contribution < -0.4 is 0 Å². The molecule has 0 aliphatic carbocycles. The summed E-state index contributed by atoms with van der Waals surface area (Å²) in [4.78, 5) is 0. The van der Waals surface area contributed by atoms with E-state index in [0.717, 1.165) is 0 Å². The van der Waals surface area contributed by atoms with Crippen molar-refractivity contribution in [3.63, 3.8) is 0 Å². The molecular formula is C10H10FNO. The van der Waals surface area contributed by atoms with Crippen LogP contribution in [0.5, 0.6) is 0 Å². The quantitative estimate of drug-likeness (QED) is 0.749. The van der Waals surface area contributed by atoms with Crippen LogP contribution in [0.1, 0.15) is 12.5 Å². The summed E-state index contributed by atoms with van der Waals surface area (Å²) >= 11 is 0. The normalized spacial score (nSPS) is 14.6. The molecule has 1 rings (SSSR count). The van der Waals surface area contributed by atoms with E-state index < -0.39 is 11.2 Å². The minimum atomic E-state index is -1.15. The van der Waals surface area contributed by atoms with Gasteiger partial charge in [0.05, 0.1) is 12.7 Å². The number of halogens is 1. The van der Waals surface area contributed by atoms with Crippen molar-refractivity contribution >= 4 is 0 Å². The molecular weight excluding hydrogens is 169 g/mol. The Morgan fingerprint density at radius 1 is 1.54 bits per heavy atom. The van der Waals surface area contributed by atoms with E-state index >= 15 is 0 Å². The standard InChI is InChI=1S/C10H10FNO/c1-10(6-12,7-13)8-4-2-3-5-9(8)11/h2-5,13H,7H2,1H3. The smallest absolute Gasteiger partial charge is 0.128 e. The summed E-state index contributed by atoms with van der Waals surface area (Å²) in [5.41, 5.74) is -0.911. The van der Waals surface area contributed by atoms with Crippen LogP contribution >= 0.6 is 0 Å². The molecule has 1 aromatic carbocycles. The molecule has 2 nitrogen and oxygen atoms in total. The molecule has 0 amide bonds. The second-order valence-corrected chi connectivity index (χ2v) is 3.08. The zero-order chi connectivity index (χ0) is 9.90. The summed E-state index contributed by atoms with van der Waals surface area (Å²) in [7, 11) is 0. The largest absolute Gasteiger partial charge is 0.394 e. The molecule has 0 aliphatic rings. The van der Waals surface area contributed by atoms with Gasteiger partial charge in [0, 0.05) is 5.56 Å². The van der Waals surface area contributed by atoms with Gasteiger partial charge in [-0.25, -0.2) is 4.39 Å². The first-order valence-corrected chi connectivity index (χ1v) is 3.91. The van der Waals surface area contributed by atoms with Gasteiger partial charge in [0.25, 0.3) is 0 Å². The lowest BCUT2D eigenvalue weighted by Gasteiger charge is -2.19. The average molecular weight is 179 g/mol. The molecule has 13 heavy (non-hydrogen) atoms. The monoisotopic (exact) mass is 179 g/mol. The molecule has 0 heterocycles. The zero-order valence-corrected chi connectivity index (χ0v) is 7.29. The van der Waals surface area contributed by atoms with E-state index in [9.17, 15) is 4.39 Å². The second kappa shape index (κ2) is 3.55. The Morgan fingerprint density at radius 2 is 2.15 bits per heavy atom. The Balaban J connectivity index is 3.22. The van der Waals surface area contributed by atoms with Gasteiger partial charge in [-0.3, -0.25) is 0 Å². The first kappa shape index (κ1) is 9.69. The van der Waals surface area contributed by atoms with Crippen LogP contribution in [0.3, 0.4) is 0 Å². The molecule has 1 atom stereocenters. The maximum atomic E-state index is 13.2. The lowest BCUT2D eigenvalue weighted by Crippen LogP contribution is -2.25. The highest BCUT2D eigenvalue weighted by Crippen LogP contribution is 2.24. The third-order valence-electron chi connectivity index (χ3n) is 2.03. The van der Waals surface area contributed by atoms with E-state index in [4.69, 9.17) is 10.4 Å². The summed E-state index contributed by atoms with van der Waals surface area (Å²) in [5, 5.41) is 17.8. The lowest BCUT2D eigenvalue weighted by molar-refractivity contribution is 0.237. The molecule has 0 fully saturated rings. The van der Waals surface area contributed by atoms with E-state index in [-0.39, 0.29) is 12.2 Å². The van der Waals surface area contributed by atoms with Gasteiger partial charge in [0.2, 0.25) is 0 Å².